The van der Waals surface area contributed by atoms with E-state index in [1.54, 1.807) is 12.1 Å². The monoisotopic (exact) mass is 453 g/mol. The summed E-state index contributed by atoms with van der Waals surface area (Å²) >= 11 is 0. The van der Waals surface area contributed by atoms with E-state index in [0.29, 0.717) is 12.5 Å². The summed E-state index contributed by atoms with van der Waals surface area (Å²) in [4.78, 5) is -0.360. The molecule has 168 valence electrons. The number of sulfonamides is 1. The third kappa shape index (κ3) is 3.53. The SMILES string of the molecule is CC1CC[C@]2(C)c3cc(O)ccc3C[C@@H]1[C@@H]2N(C)S(=O)(=O)c1cccc(C(F)(F)F)c1. The van der Waals surface area contributed by atoms with E-state index >= 15 is 0 Å². The summed E-state index contributed by atoms with van der Waals surface area (Å²) in [5, 5.41) is 10.1. The number of phenols is 1. The number of benzene rings is 2. The van der Waals surface area contributed by atoms with Crippen LogP contribution in [0.5, 0.6) is 5.75 Å². The van der Waals surface area contributed by atoms with Crippen LogP contribution in [0.15, 0.2) is 47.4 Å². The molecule has 4 atom stereocenters. The molecular formula is C23H26F3NO3S. The van der Waals surface area contributed by atoms with Crippen molar-refractivity contribution >= 4 is 10.0 Å². The van der Waals surface area contributed by atoms with Crippen molar-refractivity contribution in [3.05, 3.63) is 59.2 Å². The molecule has 2 aromatic carbocycles. The number of alkyl halides is 3. The zero-order valence-electron chi connectivity index (χ0n) is 17.6. The van der Waals surface area contributed by atoms with Gasteiger partial charge in [0, 0.05) is 18.5 Å². The third-order valence-electron chi connectivity index (χ3n) is 7.30. The fourth-order valence-electron chi connectivity index (χ4n) is 5.63. The minimum Gasteiger partial charge on any atom is -0.508 e. The summed E-state index contributed by atoms with van der Waals surface area (Å²) in [6.45, 7) is 4.11. The molecule has 0 aromatic heterocycles. The van der Waals surface area contributed by atoms with Gasteiger partial charge in [0.25, 0.3) is 0 Å². The topological polar surface area (TPSA) is 57.6 Å². The van der Waals surface area contributed by atoms with Crippen LogP contribution in [0.1, 0.15) is 43.4 Å². The molecule has 1 saturated carbocycles. The first-order chi connectivity index (χ1) is 14.4. The summed E-state index contributed by atoms with van der Waals surface area (Å²) in [5.74, 6) is 0.416. The first-order valence-corrected chi connectivity index (χ1v) is 11.8. The van der Waals surface area contributed by atoms with Crippen LogP contribution in [0.2, 0.25) is 0 Å². The average molecular weight is 454 g/mol. The van der Waals surface area contributed by atoms with Gasteiger partial charge in [0.15, 0.2) is 0 Å². The van der Waals surface area contributed by atoms with Crippen molar-refractivity contribution in [2.24, 2.45) is 11.8 Å². The molecule has 0 radical (unpaired) electrons. The number of hydrogen-bond acceptors (Lipinski definition) is 3. The Hall–Kier alpha value is -2.06. The van der Waals surface area contributed by atoms with Gasteiger partial charge in [-0.1, -0.05) is 26.0 Å². The lowest BCUT2D eigenvalue weighted by atomic mass is 9.54. The highest BCUT2D eigenvalue weighted by atomic mass is 32.2. The van der Waals surface area contributed by atoms with Crippen LogP contribution >= 0.6 is 0 Å². The van der Waals surface area contributed by atoms with E-state index in [2.05, 4.69) is 6.92 Å². The van der Waals surface area contributed by atoms with Crippen LogP contribution in [0.4, 0.5) is 13.2 Å². The van der Waals surface area contributed by atoms with E-state index in [9.17, 15) is 26.7 Å². The number of aromatic hydroxyl groups is 1. The van der Waals surface area contributed by atoms with Gasteiger partial charge in [0.1, 0.15) is 5.75 Å². The van der Waals surface area contributed by atoms with Gasteiger partial charge in [-0.2, -0.15) is 17.5 Å². The largest absolute Gasteiger partial charge is 0.508 e. The molecule has 0 spiro atoms. The van der Waals surface area contributed by atoms with Gasteiger partial charge in [-0.25, -0.2) is 8.42 Å². The minimum atomic E-state index is -4.62. The summed E-state index contributed by atoms with van der Waals surface area (Å²) in [6.07, 6.45) is -2.31. The summed E-state index contributed by atoms with van der Waals surface area (Å²) in [7, 11) is -2.70. The molecule has 4 rings (SSSR count). The Morgan fingerprint density at radius 3 is 2.55 bits per heavy atom. The van der Waals surface area contributed by atoms with Crippen LogP contribution in [0.25, 0.3) is 0 Å². The van der Waals surface area contributed by atoms with Gasteiger partial charge in [0.05, 0.1) is 10.5 Å². The van der Waals surface area contributed by atoms with Gasteiger partial charge < -0.3 is 5.11 Å². The van der Waals surface area contributed by atoms with E-state index in [1.165, 1.54) is 17.4 Å². The van der Waals surface area contributed by atoms with Gasteiger partial charge in [-0.3, -0.25) is 0 Å². The Balaban J connectivity index is 1.81. The average Bonchev–Trinajstić information content (AvgIpc) is 2.70. The first-order valence-electron chi connectivity index (χ1n) is 10.3. The molecule has 31 heavy (non-hydrogen) atoms. The maximum atomic E-state index is 13.5. The molecule has 8 heteroatoms. The van der Waals surface area contributed by atoms with Crippen LogP contribution < -0.4 is 0 Å². The molecule has 1 N–H and O–H groups in total. The van der Waals surface area contributed by atoms with Crippen LogP contribution in [0.3, 0.4) is 0 Å². The number of hydrogen-bond donors (Lipinski definition) is 1. The normalized spacial score (nSPS) is 28.4. The third-order valence-corrected chi connectivity index (χ3v) is 9.14. The van der Waals surface area contributed by atoms with Crippen molar-refractivity contribution in [1.29, 1.82) is 0 Å². The fourth-order valence-corrected chi connectivity index (χ4v) is 7.17. The second kappa shape index (κ2) is 7.24. The van der Waals surface area contributed by atoms with Crippen molar-refractivity contribution < 1.29 is 26.7 Å². The lowest BCUT2D eigenvalue weighted by molar-refractivity contribution is -0.137. The minimum absolute atomic E-state index is 0.0290. The maximum Gasteiger partial charge on any atom is 0.416 e. The summed E-state index contributed by atoms with van der Waals surface area (Å²) in [5.41, 5.74) is 0.484. The van der Waals surface area contributed by atoms with Gasteiger partial charge in [-0.15, -0.1) is 0 Å². The maximum absolute atomic E-state index is 13.5. The molecular weight excluding hydrogens is 427 g/mol. The molecule has 4 nitrogen and oxygen atoms in total. The second-order valence-electron chi connectivity index (χ2n) is 9.13. The smallest absolute Gasteiger partial charge is 0.416 e. The molecule has 0 saturated heterocycles. The molecule has 1 unspecified atom stereocenters. The Bertz CT molecular complexity index is 1120. The molecule has 2 aromatic rings. The Morgan fingerprint density at radius 1 is 1.16 bits per heavy atom. The van der Waals surface area contributed by atoms with E-state index in [0.717, 1.165) is 36.1 Å². The standard InChI is InChI=1S/C23H26F3NO3S/c1-14-9-10-22(2)20-13-17(28)8-7-15(20)11-19(14)21(22)27(3)31(29,30)18-6-4-5-16(12-18)23(24,25)26/h4-8,12-14,19,21,28H,9-11H2,1-3H3/t14?,19-,21-,22+/m0/s1. The zero-order valence-corrected chi connectivity index (χ0v) is 18.5. The Labute approximate surface area is 180 Å². The van der Waals surface area contributed by atoms with Gasteiger partial charge in [-0.05, 0) is 72.6 Å². The van der Waals surface area contributed by atoms with Crippen LogP contribution in [-0.4, -0.2) is 30.9 Å². The molecule has 2 aliphatic carbocycles. The zero-order chi connectivity index (χ0) is 22.8. The quantitative estimate of drug-likeness (QED) is 0.715. The van der Waals surface area contributed by atoms with E-state index in [1.807, 2.05) is 13.0 Å². The lowest BCUT2D eigenvalue weighted by Crippen LogP contribution is -2.60. The number of halogens is 3. The molecule has 0 amide bonds. The van der Waals surface area contributed by atoms with Crippen molar-refractivity contribution in [2.75, 3.05) is 7.05 Å². The van der Waals surface area contributed by atoms with Crippen molar-refractivity contribution in [1.82, 2.24) is 4.31 Å². The number of phenolic OH excluding ortho intramolecular Hbond substituents is 1. The molecule has 1 fully saturated rings. The summed E-state index contributed by atoms with van der Waals surface area (Å²) < 4.78 is 67.8. The summed E-state index contributed by atoms with van der Waals surface area (Å²) in [6, 6.07) is 8.74. The highest BCUT2D eigenvalue weighted by Crippen LogP contribution is 2.53. The molecule has 0 heterocycles. The lowest BCUT2D eigenvalue weighted by Gasteiger charge is -2.56. The number of fused-ring (bicyclic) bond motifs is 4. The second-order valence-corrected chi connectivity index (χ2v) is 11.1. The highest BCUT2D eigenvalue weighted by Gasteiger charge is 2.54. The van der Waals surface area contributed by atoms with Crippen LogP contribution in [0, 0.1) is 11.8 Å². The van der Waals surface area contributed by atoms with E-state index in [-0.39, 0.29) is 22.5 Å². The Morgan fingerprint density at radius 2 is 1.87 bits per heavy atom. The van der Waals surface area contributed by atoms with Crippen molar-refractivity contribution in [3.63, 3.8) is 0 Å². The first kappa shape index (κ1) is 22.1. The highest BCUT2D eigenvalue weighted by molar-refractivity contribution is 7.89. The molecule has 2 aliphatic rings. The van der Waals surface area contributed by atoms with Crippen molar-refractivity contribution in [3.8, 4) is 5.75 Å². The fraction of sp³-hybridized carbons (Fsp3) is 0.478. The van der Waals surface area contributed by atoms with Crippen LogP contribution in [-0.2, 0) is 28.0 Å². The number of likely N-dealkylation sites (N-methyl/N-ethyl adjacent to an activating group) is 1. The predicted octanol–water partition coefficient (Wildman–Crippen LogP) is 4.96. The number of nitrogens with zero attached hydrogens (tertiary/aromatic N) is 1. The predicted molar refractivity (Wildman–Crippen MR) is 111 cm³/mol. The molecule has 0 aliphatic heterocycles. The Kier molecular flexibility index (Phi) is 5.17. The molecule has 2 bridgehead atoms. The van der Waals surface area contributed by atoms with E-state index in [4.69, 9.17) is 0 Å². The van der Waals surface area contributed by atoms with Gasteiger partial charge >= 0.3 is 6.18 Å². The number of rotatable bonds is 3. The van der Waals surface area contributed by atoms with E-state index < -0.39 is 33.2 Å². The van der Waals surface area contributed by atoms with Crippen molar-refractivity contribution in [2.45, 2.75) is 55.6 Å². The van der Waals surface area contributed by atoms with Gasteiger partial charge in [0.2, 0.25) is 10.0 Å².